The Hall–Kier alpha value is -2.93. The van der Waals surface area contributed by atoms with Crippen molar-refractivity contribution in [2.24, 2.45) is 5.92 Å². The third-order valence-electron chi connectivity index (χ3n) is 4.96. The van der Waals surface area contributed by atoms with Gasteiger partial charge in [0.2, 0.25) is 5.91 Å². The Bertz CT molecular complexity index is 832. The lowest BCUT2D eigenvalue weighted by molar-refractivity contribution is -0.384. The molecule has 1 aliphatic rings. The van der Waals surface area contributed by atoms with E-state index < -0.39 is 11.0 Å². The van der Waals surface area contributed by atoms with Crippen molar-refractivity contribution in [3.8, 4) is 0 Å². The first kappa shape index (κ1) is 19.8. The van der Waals surface area contributed by atoms with Crippen LogP contribution in [-0.4, -0.2) is 48.6 Å². The summed E-state index contributed by atoms with van der Waals surface area (Å²) in [5.41, 5.74) is 2.46. The fourth-order valence-corrected chi connectivity index (χ4v) is 3.41. The number of aryl methyl sites for hydroxylation is 1. The van der Waals surface area contributed by atoms with Crippen molar-refractivity contribution < 1.29 is 14.5 Å². The molecule has 1 heterocycles. The number of hydrogen-bond donors (Lipinski definition) is 1. The molecule has 1 aliphatic heterocycles. The topological polar surface area (TPSA) is 84.7 Å². The molecule has 2 aromatic carbocycles. The van der Waals surface area contributed by atoms with Gasteiger partial charge >= 0.3 is 0 Å². The van der Waals surface area contributed by atoms with Crippen LogP contribution in [0.1, 0.15) is 11.1 Å². The van der Waals surface area contributed by atoms with Crippen LogP contribution in [0, 0.1) is 23.0 Å². The largest absolute Gasteiger partial charge is 0.384 e. The van der Waals surface area contributed by atoms with Crippen LogP contribution in [0.25, 0.3) is 0 Å². The number of rotatable bonds is 8. The number of anilines is 1. The molecule has 1 atom stereocenters. The number of methoxy groups -OCH3 is 1. The van der Waals surface area contributed by atoms with Gasteiger partial charge in [-0.3, -0.25) is 14.9 Å². The van der Waals surface area contributed by atoms with Crippen molar-refractivity contribution in [1.29, 1.82) is 0 Å². The van der Waals surface area contributed by atoms with Gasteiger partial charge in [0.15, 0.2) is 0 Å². The highest BCUT2D eigenvalue weighted by Gasteiger charge is 2.35. The summed E-state index contributed by atoms with van der Waals surface area (Å²) in [7, 11) is 1.65. The highest BCUT2D eigenvalue weighted by molar-refractivity contribution is 5.86. The zero-order chi connectivity index (χ0) is 20.1. The molecule has 3 rings (SSSR count). The van der Waals surface area contributed by atoms with E-state index in [1.807, 2.05) is 31.2 Å². The second kappa shape index (κ2) is 8.84. The number of likely N-dealkylation sites (tertiary alicyclic amines) is 1. The standard InChI is InChI=1S/C21H25N3O4/c1-15-7-9-16(10-8-15)11-19(21(25)23-12-17(13-23)14-28-2)22-18-5-3-4-6-20(18)24(26)27/h3-10,17,19,22H,11-14H2,1-2H3/t19-/m0/s1. The molecule has 1 amide bonds. The van der Waals surface area contributed by atoms with E-state index in [9.17, 15) is 14.9 Å². The molecule has 0 radical (unpaired) electrons. The van der Waals surface area contributed by atoms with Crippen LogP contribution in [0.5, 0.6) is 0 Å². The number of nitrogens with one attached hydrogen (secondary N) is 1. The molecule has 1 saturated heterocycles. The van der Waals surface area contributed by atoms with Crippen molar-refractivity contribution in [2.75, 3.05) is 32.1 Å². The van der Waals surface area contributed by atoms with Crippen molar-refractivity contribution in [3.63, 3.8) is 0 Å². The van der Waals surface area contributed by atoms with Gasteiger partial charge in [0, 0.05) is 38.6 Å². The van der Waals surface area contributed by atoms with E-state index in [1.165, 1.54) is 6.07 Å². The van der Waals surface area contributed by atoms with Crippen molar-refractivity contribution in [2.45, 2.75) is 19.4 Å². The van der Waals surface area contributed by atoms with Gasteiger partial charge < -0.3 is 15.0 Å². The summed E-state index contributed by atoms with van der Waals surface area (Å²) in [6.45, 7) is 3.93. The Labute approximate surface area is 164 Å². The molecule has 1 N–H and O–H groups in total. The van der Waals surface area contributed by atoms with E-state index in [4.69, 9.17) is 4.74 Å². The molecular formula is C21H25N3O4. The van der Waals surface area contributed by atoms with Crippen LogP contribution in [0.4, 0.5) is 11.4 Å². The molecule has 0 aliphatic carbocycles. The summed E-state index contributed by atoms with van der Waals surface area (Å²) in [5, 5.41) is 14.5. The zero-order valence-corrected chi connectivity index (χ0v) is 16.1. The smallest absolute Gasteiger partial charge is 0.292 e. The molecule has 0 unspecified atom stereocenters. The van der Waals surface area contributed by atoms with Crippen LogP contribution < -0.4 is 5.32 Å². The predicted molar refractivity (Wildman–Crippen MR) is 107 cm³/mol. The average molecular weight is 383 g/mol. The lowest BCUT2D eigenvalue weighted by Gasteiger charge is -2.41. The van der Waals surface area contributed by atoms with E-state index in [-0.39, 0.29) is 11.6 Å². The summed E-state index contributed by atoms with van der Waals surface area (Å²) in [6.07, 6.45) is 0.455. The third-order valence-corrected chi connectivity index (χ3v) is 4.96. The van der Waals surface area contributed by atoms with Gasteiger partial charge in [-0.05, 0) is 18.6 Å². The van der Waals surface area contributed by atoms with E-state index in [2.05, 4.69) is 5.32 Å². The average Bonchev–Trinajstić information content (AvgIpc) is 2.65. The molecule has 1 fully saturated rings. The van der Waals surface area contributed by atoms with Gasteiger partial charge in [-0.2, -0.15) is 0 Å². The fraction of sp³-hybridized carbons (Fsp3) is 0.381. The number of nitrogens with zero attached hydrogens (tertiary/aromatic N) is 2. The van der Waals surface area contributed by atoms with Crippen molar-refractivity contribution in [3.05, 3.63) is 69.8 Å². The monoisotopic (exact) mass is 383 g/mol. The van der Waals surface area contributed by atoms with Crippen LogP contribution in [0.2, 0.25) is 0 Å². The van der Waals surface area contributed by atoms with E-state index in [1.54, 1.807) is 30.2 Å². The van der Waals surface area contributed by atoms with Gasteiger partial charge in [0.05, 0.1) is 11.5 Å². The maximum Gasteiger partial charge on any atom is 0.292 e. The van der Waals surface area contributed by atoms with Gasteiger partial charge in [-0.1, -0.05) is 42.0 Å². The SMILES string of the molecule is COCC1CN(C(=O)[C@H](Cc2ccc(C)cc2)Nc2ccccc2[N+](=O)[O-])C1. The van der Waals surface area contributed by atoms with Gasteiger partial charge in [-0.25, -0.2) is 0 Å². The Balaban J connectivity index is 1.79. The van der Waals surface area contributed by atoms with Crippen molar-refractivity contribution >= 4 is 17.3 Å². The molecule has 148 valence electrons. The lowest BCUT2D eigenvalue weighted by Crippen LogP contribution is -2.56. The number of benzene rings is 2. The number of amides is 1. The summed E-state index contributed by atoms with van der Waals surface area (Å²) in [6, 6.07) is 13.8. The Morgan fingerprint density at radius 1 is 1.25 bits per heavy atom. The first-order valence-electron chi connectivity index (χ1n) is 9.31. The van der Waals surface area contributed by atoms with E-state index >= 15 is 0 Å². The number of carbonyl (C=O) groups is 1. The van der Waals surface area contributed by atoms with Crippen LogP contribution in [0.15, 0.2) is 48.5 Å². The maximum atomic E-state index is 13.1. The Morgan fingerprint density at radius 2 is 1.93 bits per heavy atom. The second-order valence-electron chi connectivity index (χ2n) is 7.23. The Kier molecular flexibility index (Phi) is 6.26. The maximum absolute atomic E-state index is 13.1. The highest BCUT2D eigenvalue weighted by atomic mass is 16.6. The van der Waals surface area contributed by atoms with E-state index in [0.29, 0.717) is 37.7 Å². The van der Waals surface area contributed by atoms with Gasteiger partial charge in [-0.15, -0.1) is 0 Å². The molecule has 7 nitrogen and oxygen atoms in total. The molecule has 28 heavy (non-hydrogen) atoms. The number of ether oxygens (including phenoxy) is 1. The Morgan fingerprint density at radius 3 is 2.57 bits per heavy atom. The summed E-state index contributed by atoms with van der Waals surface area (Å²) in [4.78, 5) is 25.8. The molecule has 7 heteroatoms. The number of para-hydroxylation sites is 2. The number of hydrogen-bond acceptors (Lipinski definition) is 5. The number of carbonyl (C=O) groups excluding carboxylic acids is 1. The summed E-state index contributed by atoms with van der Waals surface area (Å²) >= 11 is 0. The second-order valence-corrected chi connectivity index (χ2v) is 7.23. The minimum Gasteiger partial charge on any atom is -0.384 e. The summed E-state index contributed by atoms with van der Waals surface area (Å²) in [5.74, 6) is 0.297. The fourth-order valence-electron chi connectivity index (χ4n) is 3.41. The molecule has 0 spiro atoms. The zero-order valence-electron chi connectivity index (χ0n) is 16.1. The first-order valence-corrected chi connectivity index (χ1v) is 9.31. The number of nitro benzene ring substituents is 1. The van der Waals surface area contributed by atoms with Gasteiger partial charge in [0.25, 0.3) is 5.69 Å². The molecule has 0 aromatic heterocycles. The lowest BCUT2D eigenvalue weighted by atomic mass is 9.97. The van der Waals surface area contributed by atoms with Crippen LogP contribution >= 0.6 is 0 Å². The first-order chi connectivity index (χ1) is 13.5. The predicted octanol–water partition coefficient (Wildman–Crippen LogP) is 3.03. The highest BCUT2D eigenvalue weighted by Crippen LogP contribution is 2.26. The van der Waals surface area contributed by atoms with Crippen molar-refractivity contribution in [1.82, 2.24) is 4.90 Å². The molecule has 0 bridgehead atoms. The quantitative estimate of drug-likeness (QED) is 0.559. The summed E-state index contributed by atoms with van der Waals surface area (Å²) < 4.78 is 5.15. The van der Waals surface area contributed by atoms with Crippen LogP contribution in [-0.2, 0) is 16.0 Å². The minimum atomic E-state index is -0.577. The minimum absolute atomic E-state index is 0.0370. The normalized spacial score (nSPS) is 15.0. The molecular weight excluding hydrogens is 358 g/mol. The van der Waals surface area contributed by atoms with Crippen LogP contribution in [0.3, 0.4) is 0 Å². The third kappa shape index (κ3) is 4.67. The molecule has 0 saturated carbocycles. The van der Waals surface area contributed by atoms with Gasteiger partial charge in [0.1, 0.15) is 11.7 Å². The van der Waals surface area contributed by atoms with E-state index in [0.717, 1.165) is 11.1 Å². The molecule has 2 aromatic rings. The number of nitro groups is 1.